The van der Waals surface area contributed by atoms with E-state index >= 15 is 0 Å². The summed E-state index contributed by atoms with van der Waals surface area (Å²) < 4.78 is 5.67. The first-order valence-electron chi connectivity index (χ1n) is 7.09. The zero-order valence-corrected chi connectivity index (χ0v) is 12.5. The van der Waals surface area contributed by atoms with Gasteiger partial charge in [0, 0.05) is 25.2 Å². The minimum absolute atomic E-state index is 0.163. The van der Waals surface area contributed by atoms with Crippen molar-refractivity contribution in [3.63, 3.8) is 0 Å². The summed E-state index contributed by atoms with van der Waals surface area (Å²) in [7, 11) is 0. The van der Waals surface area contributed by atoms with Crippen molar-refractivity contribution >= 4 is 0 Å². The van der Waals surface area contributed by atoms with Gasteiger partial charge in [-0.3, -0.25) is 4.90 Å². The molecule has 0 aliphatic carbocycles. The molecule has 0 aliphatic rings. The van der Waals surface area contributed by atoms with Crippen LogP contribution in [0.5, 0.6) is 0 Å². The molecule has 0 fully saturated rings. The van der Waals surface area contributed by atoms with Gasteiger partial charge >= 0.3 is 0 Å². The van der Waals surface area contributed by atoms with Crippen molar-refractivity contribution in [1.29, 1.82) is 0 Å². The van der Waals surface area contributed by atoms with Crippen LogP contribution in [0.15, 0.2) is 0 Å². The molecule has 0 atom stereocenters. The Hall–Kier alpha value is -0.120. The highest BCUT2D eigenvalue weighted by molar-refractivity contribution is 4.88. The molecule has 0 rings (SSSR count). The van der Waals surface area contributed by atoms with Gasteiger partial charge in [0.05, 0.1) is 6.61 Å². The van der Waals surface area contributed by atoms with Crippen LogP contribution in [-0.2, 0) is 4.74 Å². The minimum atomic E-state index is 0.163. The summed E-state index contributed by atoms with van der Waals surface area (Å²) in [4.78, 5) is 2.48. The molecule has 0 unspecified atom stereocenters. The van der Waals surface area contributed by atoms with E-state index in [4.69, 9.17) is 10.5 Å². The standard InChI is InChI=1S/C14H32N2O/c1-6-14(7-2,12-15)16(8-3)9-10-17-11-13(4)5/h13H,6-12,15H2,1-5H3. The summed E-state index contributed by atoms with van der Waals surface area (Å²) in [6.07, 6.45) is 2.22. The van der Waals surface area contributed by atoms with Crippen LogP contribution in [0, 0.1) is 5.92 Å². The van der Waals surface area contributed by atoms with Crippen molar-refractivity contribution in [2.45, 2.75) is 53.0 Å². The number of likely N-dealkylation sites (N-methyl/N-ethyl adjacent to an activating group) is 1. The predicted molar refractivity (Wildman–Crippen MR) is 75.3 cm³/mol. The maximum atomic E-state index is 5.98. The zero-order chi connectivity index (χ0) is 13.3. The summed E-state index contributed by atoms with van der Waals surface area (Å²) >= 11 is 0. The molecule has 2 N–H and O–H groups in total. The zero-order valence-electron chi connectivity index (χ0n) is 12.5. The van der Waals surface area contributed by atoms with E-state index in [0.29, 0.717) is 5.92 Å². The van der Waals surface area contributed by atoms with Gasteiger partial charge in [-0.25, -0.2) is 0 Å². The van der Waals surface area contributed by atoms with E-state index in [0.717, 1.165) is 45.7 Å². The van der Waals surface area contributed by atoms with E-state index in [1.807, 2.05) is 0 Å². The van der Waals surface area contributed by atoms with E-state index in [-0.39, 0.29) is 5.54 Å². The van der Waals surface area contributed by atoms with Crippen LogP contribution in [0.4, 0.5) is 0 Å². The number of nitrogens with two attached hydrogens (primary N) is 1. The van der Waals surface area contributed by atoms with Crippen molar-refractivity contribution in [2.75, 3.05) is 32.8 Å². The van der Waals surface area contributed by atoms with E-state index in [1.54, 1.807) is 0 Å². The Kier molecular flexibility index (Phi) is 8.83. The van der Waals surface area contributed by atoms with Crippen molar-refractivity contribution < 1.29 is 4.74 Å². The first kappa shape index (κ1) is 16.9. The molecule has 3 heteroatoms. The maximum Gasteiger partial charge on any atom is 0.0593 e. The number of ether oxygens (including phenoxy) is 1. The Morgan fingerprint density at radius 2 is 1.76 bits per heavy atom. The summed E-state index contributed by atoms with van der Waals surface area (Å²) in [6.45, 7) is 15.5. The first-order valence-corrected chi connectivity index (χ1v) is 7.09. The third-order valence-corrected chi connectivity index (χ3v) is 3.71. The van der Waals surface area contributed by atoms with Gasteiger partial charge in [-0.1, -0.05) is 34.6 Å². The Balaban J connectivity index is 4.20. The van der Waals surface area contributed by atoms with Crippen molar-refractivity contribution in [3.8, 4) is 0 Å². The third-order valence-electron chi connectivity index (χ3n) is 3.71. The second-order valence-corrected chi connectivity index (χ2v) is 5.18. The summed E-state index contributed by atoms with van der Waals surface area (Å²) in [5.74, 6) is 0.613. The smallest absolute Gasteiger partial charge is 0.0593 e. The molecule has 0 aliphatic heterocycles. The molecular weight excluding hydrogens is 212 g/mol. The summed E-state index contributed by atoms with van der Waals surface area (Å²) in [5.41, 5.74) is 6.14. The highest BCUT2D eigenvalue weighted by Gasteiger charge is 2.30. The number of nitrogens with zero attached hydrogens (tertiary/aromatic N) is 1. The van der Waals surface area contributed by atoms with Gasteiger partial charge in [-0.15, -0.1) is 0 Å². The van der Waals surface area contributed by atoms with E-state index < -0.39 is 0 Å². The van der Waals surface area contributed by atoms with Gasteiger partial charge < -0.3 is 10.5 Å². The Morgan fingerprint density at radius 3 is 2.12 bits per heavy atom. The Labute approximate surface area is 108 Å². The summed E-state index contributed by atoms with van der Waals surface area (Å²) in [5, 5.41) is 0. The van der Waals surface area contributed by atoms with Crippen LogP contribution < -0.4 is 5.73 Å². The predicted octanol–water partition coefficient (Wildman–Crippen LogP) is 2.50. The molecule has 17 heavy (non-hydrogen) atoms. The van der Waals surface area contributed by atoms with Gasteiger partial charge in [-0.05, 0) is 25.3 Å². The fraction of sp³-hybridized carbons (Fsp3) is 1.00. The average Bonchev–Trinajstić information content (AvgIpc) is 2.33. The molecule has 0 aromatic carbocycles. The third kappa shape index (κ3) is 5.36. The molecule has 3 nitrogen and oxygen atoms in total. The van der Waals surface area contributed by atoms with E-state index in [2.05, 4.69) is 39.5 Å². The van der Waals surface area contributed by atoms with Gasteiger partial charge in [0.15, 0.2) is 0 Å². The van der Waals surface area contributed by atoms with E-state index in [1.165, 1.54) is 0 Å². The fourth-order valence-corrected chi connectivity index (χ4v) is 2.34. The van der Waals surface area contributed by atoms with Gasteiger partial charge in [0.25, 0.3) is 0 Å². The summed E-state index contributed by atoms with van der Waals surface area (Å²) in [6, 6.07) is 0. The van der Waals surface area contributed by atoms with Crippen LogP contribution in [0.25, 0.3) is 0 Å². The molecule has 0 saturated heterocycles. The SMILES string of the molecule is CCN(CCOCC(C)C)C(CC)(CC)CN. The Morgan fingerprint density at radius 1 is 1.18 bits per heavy atom. The van der Waals surface area contributed by atoms with Crippen molar-refractivity contribution in [3.05, 3.63) is 0 Å². The molecule has 0 bridgehead atoms. The van der Waals surface area contributed by atoms with Gasteiger partial charge in [0.2, 0.25) is 0 Å². The molecule has 0 aromatic heterocycles. The van der Waals surface area contributed by atoms with Gasteiger partial charge in [0.1, 0.15) is 0 Å². The molecular formula is C14H32N2O. The van der Waals surface area contributed by atoms with Crippen LogP contribution in [-0.4, -0.2) is 43.3 Å². The highest BCUT2D eigenvalue weighted by atomic mass is 16.5. The molecule has 104 valence electrons. The second kappa shape index (κ2) is 8.90. The average molecular weight is 244 g/mol. The molecule has 0 amide bonds. The molecule has 0 spiro atoms. The number of hydrogen-bond acceptors (Lipinski definition) is 3. The lowest BCUT2D eigenvalue weighted by atomic mass is 9.90. The van der Waals surface area contributed by atoms with Crippen molar-refractivity contribution in [2.24, 2.45) is 11.7 Å². The molecule has 0 aromatic rings. The maximum absolute atomic E-state index is 5.98. The van der Waals surface area contributed by atoms with Crippen LogP contribution in [0.3, 0.4) is 0 Å². The number of hydrogen-bond donors (Lipinski definition) is 1. The monoisotopic (exact) mass is 244 g/mol. The van der Waals surface area contributed by atoms with Crippen LogP contribution >= 0.6 is 0 Å². The molecule has 0 radical (unpaired) electrons. The lowest BCUT2D eigenvalue weighted by Crippen LogP contribution is -2.54. The second-order valence-electron chi connectivity index (χ2n) is 5.18. The lowest BCUT2D eigenvalue weighted by molar-refractivity contribution is 0.0361. The number of rotatable bonds is 10. The minimum Gasteiger partial charge on any atom is -0.380 e. The van der Waals surface area contributed by atoms with Crippen LogP contribution in [0.1, 0.15) is 47.5 Å². The van der Waals surface area contributed by atoms with Crippen molar-refractivity contribution in [1.82, 2.24) is 4.90 Å². The highest BCUT2D eigenvalue weighted by Crippen LogP contribution is 2.22. The normalized spacial score (nSPS) is 12.7. The molecule has 0 heterocycles. The lowest BCUT2D eigenvalue weighted by Gasteiger charge is -2.42. The first-order chi connectivity index (χ1) is 8.06. The Bertz CT molecular complexity index is 171. The van der Waals surface area contributed by atoms with Crippen LogP contribution in [0.2, 0.25) is 0 Å². The largest absolute Gasteiger partial charge is 0.380 e. The quantitative estimate of drug-likeness (QED) is 0.600. The molecule has 0 saturated carbocycles. The van der Waals surface area contributed by atoms with Gasteiger partial charge in [-0.2, -0.15) is 0 Å². The fourth-order valence-electron chi connectivity index (χ4n) is 2.34. The topological polar surface area (TPSA) is 38.5 Å². The van der Waals surface area contributed by atoms with E-state index in [9.17, 15) is 0 Å².